The maximum Gasteiger partial charge on any atom is 0.0587 e. The van der Waals surface area contributed by atoms with E-state index in [9.17, 15) is 5.11 Å². The van der Waals surface area contributed by atoms with E-state index in [0.29, 0.717) is 6.42 Å². The first-order chi connectivity index (χ1) is 8.17. The molecular formula is C13H28N2O2. The van der Waals surface area contributed by atoms with E-state index in [1.165, 1.54) is 32.4 Å². The summed E-state index contributed by atoms with van der Waals surface area (Å²) in [5, 5.41) is 18.2. The molecule has 17 heavy (non-hydrogen) atoms. The van der Waals surface area contributed by atoms with Gasteiger partial charge < -0.3 is 20.0 Å². The van der Waals surface area contributed by atoms with Crippen LogP contribution in [0.2, 0.25) is 0 Å². The predicted octanol–water partition coefficient (Wildman–Crippen LogP) is 0.393. The number of likely N-dealkylation sites (N-methyl/N-ethyl adjacent to an activating group) is 1. The summed E-state index contributed by atoms with van der Waals surface area (Å²) in [6.07, 6.45) is 4.51. The van der Waals surface area contributed by atoms with Gasteiger partial charge in [0, 0.05) is 19.2 Å². The van der Waals surface area contributed by atoms with Gasteiger partial charge in [-0.25, -0.2) is 0 Å². The van der Waals surface area contributed by atoms with Crippen LogP contribution in [0.15, 0.2) is 0 Å². The third-order valence-electron chi connectivity index (χ3n) is 3.91. The highest BCUT2D eigenvalue weighted by molar-refractivity contribution is 4.74. The van der Waals surface area contributed by atoms with Crippen LogP contribution in [-0.4, -0.2) is 73.0 Å². The van der Waals surface area contributed by atoms with Crippen LogP contribution < -0.4 is 0 Å². The highest BCUT2D eigenvalue weighted by atomic mass is 16.3. The third kappa shape index (κ3) is 5.34. The van der Waals surface area contributed by atoms with E-state index in [1.54, 1.807) is 0 Å². The largest absolute Gasteiger partial charge is 0.396 e. The van der Waals surface area contributed by atoms with Crippen molar-refractivity contribution in [2.75, 3.05) is 46.9 Å². The smallest absolute Gasteiger partial charge is 0.0587 e. The molecule has 102 valence electrons. The molecule has 1 rings (SSSR count). The normalized spacial score (nSPS) is 24.2. The molecule has 1 aliphatic rings. The quantitative estimate of drug-likeness (QED) is 0.680. The van der Waals surface area contributed by atoms with Crippen molar-refractivity contribution in [2.24, 2.45) is 5.92 Å². The van der Waals surface area contributed by atoms with E-state index in [-0.39, 0.29) is 19.3 Å². The summed E-state index contributed by atoms with van der Waals surface area (Å²) in [5.74, 6) is 0.796. The number of hydrogen-bond donors (Lipinski definition) is 2. The lowest BCUT2D eigenvalue weighted by Gasteiger charge is -2.32. The van der Waals surface area contributed by atoms with Crippen LogP contribution in [0.4, 0.5) is 0 Å². The Bertz CT molecular complexity index is 202. The number of hydrogen-bond acceptors (Lipinski definition) is 4. The molecule has 0 aliphatic carbocycles. The van der Waals surface area contributed by atoms with Crippen molar-refractivity contribution in [1.29, 1.82) is 0 Å². The van der Waals surface area contributed by atoms with Crippen LogP contribution in [0.3, 0.4) is 0 Å². The second kappa shape index (κ2) is 8.03. The average Bonchev–Trinajstić information content (AvgIpc) is 2.33. The number of piperidine rings is 1. The maximum absolute atomic E-state index is 9.25. The summed E-state index contributed by atoms with van der Waals surface area (Å²) in [6, 6.07) is 0.112. The van der Waals surface area contributed by atoms with Crippen molar-refractivity contribution in [3.63, 3.8) is 0 Å². The van der Waals surface area contributed by atoms with Crippen molar-refractivity contribution < 1.29 is 10.2 Å². The van der Waals surface area contributed by atoms with Gasteiger partial charge >= 0.3 is 0 Å². The molecule has 0 radical (unpaired) electrons. The van der Waals surface area contributed by atoms with Crippen LogP contribution in [0.5, 0.6) is 0 Å². The molecule has 1 aliphatic heterocycles. The first kappa shape index (κ1) is 14.9. The summed E-state index contributed by atoms with van der Waals surface area (Å²) in [7, 11) is 4.24. The van der Waals surface area contributed by atoms with E-state index in [2.05, 4.69) is 16.8 Å². The zero-order chi connectivity index (χ0) is 12.7. The lowest BCUT2D eigenvalue weighted by Crippen LogP contribution is -2.39. The molecule has 1 fully saturated rings. The van der Waals surface area contributed by atoms with Crippen LogP contribution in [0, 0.1) is 5.92 Å². The number of nitrogens with zero attached hydrogens (tertiary/aromatic N) is 2. The summed E-state index contributed by atoms with van der Waals surface area (Å²) in [5.41, 5.74) is 0. The summed E-state index contributed by atoms with van der Waals surface area (Å²) >= 11 is 0. The molecule has 2 unspecified atom stereocenters. The van der Waals surface area contributed by atoms with Crippen LogP contribution in [0.1, 0.15) is 25.7 Å². The molecule has 4 heteroatoms. The molecule has 0 aromatic rings. The second-order valence-corrected chi connectivity index (χ2v) is 5.39. The Labute approximate surface area is 105 Å². The van der Waals surface area contributed by atoms with E-state index in [1.807, 2.05) is 7.05 Å². The fourth-order valence-corrected chi connectivity index (χ4v) is 2.68. The molecule has 4 nitrogen and oxygen atoms in total. The number of aliphatic hydroxyl groups is 2. The maximum atomic E-state index is 9.25. The fraction of sp³-hybridized carbons (Fsp3) is 1.00. The zero-order valence-electron chi connectivity index (χ0n) is 11.3. The van der Waals surface area contributed by atoms with Gasteiger partial charge in [0.1, 0.15) is 0 Å². The molecule has 0 amide bonds. The van der Waals surface area contributed by atoms with Crippen LogP contribution >= 0.6 is 0 Å². The molecule has 0 saturated carbocycles. The minimum Gasteiger partial charge on any atom is -0.396 e. The molecular weight excluding hydrogens is 216 g/mol. The van der Waals surface area contributed by atoms with Crippen molar-refractivity contribution in [3.05, 3.63) is 0 Å². The summed E-state index contributed by atoms with van der Waals surface area (Å²) < 4.78 is 0. The van der Waals surface area contributed by atoms with E-state index in [0.717, 1.165) is 12.5 Å². The molecule has 2 N–H and O–H groups in total. The Morgan fingerprint density at radius 2 is 2.18 bits per heavy atom. The molecule has 0 aromatic carbocycles. The summed E-state index contributed by atoms with van der Waals surface area (Å²) in [4.78, 5) is 4.59. The van der Waals surface area contributed by atoms with E-state index >= 15 is 0 Å². The van der Waals surface area contributed by atoms with E-state index in [4.69, 9.17) is 5.11 Å². The second-order valence-electron chi connectivity index (χ2n) is 5.39. The SMILES string of the molecule is CN1CCCC(CCN(C)C(CO)CCO)C1. The van der Waals surface area contributed by atoms with Gasteiger partial charge in [-0.2, -0.15) is 0 Å². The van der Waals surface area contributed by atoms with Gasteiger partial charge in [0.05, 0.1) is 6.61 Å². The van der Waals surface area contributed by atoms with Gasteiger partial charge in [0.25, 0.3) is 0 Å². The van der Waals surface area contributed by atoms with Crippen molar-refractivity contribution in [3.8, 4) is 0 Å². The van der Waals surface area contributed by atoms with E-state index < -0.39 is 0 Å². The topological polar surface area (TPSA) is 46.9 Å². The lowest BCUT2D eigenvalue weighted by atomic mass is 9.95. The number of likely N-dealkylation sites (tertiary alicyclic amines) is 1. The number of rotatable bonds is 7. The van der Waals surface area contributed by atoms with Crippen LogP contribution in [-0.2, 0) is 0 Å². The van der Waals surface area contributed by atoms with Crippen molar-refractivity contribution >= 4 is 0 Å². The van der Waals surface area contributed by atoms with Crippen LogP contribution in [0.25, 0.3) is 0 Å². The predicted molar refractivity (Wildman–Crippen MR) is 70.0 cm³/mol. The van der Waals surface area contributed by atoms with Gasteiger partial charge in [-0.1, -0.05) is 0 Å². The lowest BCUT2D eigenvalue weighted by molar-refractivity contribution is 0.107. The Kier molecular flexibility index (Phi) is 7.04. The van der Waals surface area contributed by atoms with Crippen molar-refractivity contribution in [2.45, 2.75) is 31.7 Å². The molecule has 2 atom stereocenters. The molecule has 0 bridgehead atoms. The van der Waals surface area contributed by atoms with Gasteiger partial charge in [0.15, 0.2) is 0 Å². The first-order valence-corrected chi connectivity index (χ1v) is 6.78. The van der Waals surface area contributed by atoms with Gasteiger partial charge in [-0.05, 0) is 58.8 Å². The van der Waals surface area contributed by atoms with Gasteiger partial charge in [-0.15, -0.1) is 0 Å². The fourth-order valence-electron chi connectivity index (χ4n) is 2.68. The Morgan fingerprint density at radius 1 is 1.41 bits per heavy atom. The Hall–Kier alpha value is -0.160. The first-order valence-electron chi connectivity index (χ1n) is 6.78. The molecule has 0 spiro atoms. The van der Waals surface area contributed by atoms with Gasteiger partial charge in [-0.3, -0.25) is 0 Å². The molecule has 1 heterocycles. The highest BCUT2D eigenvalue weighted by Gasteiger charge is 2.19. The minimum absolute atomic E-state index is 0.112. The Balaban J connectivity index is 2.23. The van der Waals surface area contributed by atoms with Gasteiger partial charge in [0.2, 0.25) is 0 Å². The monoisotopic (exact) mass is 244 g/mol. The highest BCUT2D eigenvalue weighted by Crippen LogP contribution is 2.19. The third-order valence-corrected chi connectivity index (χ3v) is 3.91. The standard InChI is InChI=1S/C13H28N2O2/c1-14-7-3-4-12(10-14)5-8-15(2)13(11-17)6-9-16/h12-13,16-17H,3-11H2,1-2H3. The molecule has 0 aromatic heterocycles. The molecule has 1 saturated heterocycles. The average molecular weight is 244 g/mol. The summed E-state index contributed by atoms with van der Waals surface area (Å²) in [6.45, 7) is 3.75. The number of aliphatic hydroxyl groups excluding tert-OH is 2. The minimum atomic E-state index is 0.112. The Morgan fingerprint density at radius 3 is 2.76 bits per heavy atom. The van der Waals surface area contributed by atoms with Crippen molar-refractivity contribution in [1.82, 2.24) is 9.80 Å². The zero-order valence-corrected chi connectivity index (χ0v) is 11.3.